The van der Waals surface area contributed by atoms with E-state index in [0.29, 0.717) is 22.6 Å². The summed E-state index contributed by atoms with van der Waals surface area (Å²) in [7, 11) is 3.28. The van der Waals surface area contributed by atoms with Crippen LogP contribution in [-0.2, 0) is 0 Å². The van der Waals surface area contributed by atoms with Gasteiger partial charge in [-0.1, -0.05) is 36.6 Å². The highest BCUT2D eigenvalue weighted by atomic mass is 35.5. The van der Waals surface area contributed by atoms with Gasteiger partial charge in [-0.2, -0.15) is 0 Å². The number of rotatable bonds is 5. The Kier molecular flexibility index (Phi) is 5.96. The molecule has 2 aromatic carbocycles. The van der Waals surface area contributed by atoms with Crippen LogP contribution in [0.15, 0.2) is 42.5 Å². The minimum atomic E-state index is -0.265. The number of hydrogen-bond donors (Lipinski definition) is 0. The van der Waals surface area contributed by atoms with Gasteiger partial charge in [0.05, 0.1) is 14.2 Å². The highest BCUT2D eigenvalue weighted by Gasteiger charge is 2.28. The number of ether oxygens (including phenoxy) is 2. The van der Waals surface area contributed by atoms with E-state index in [1.807, 2.05) is 25.1 Å². The summed E-state index contributed by atoms with van der Waals surface area (Å²) in [5, 5.41) is 0.544. The van der Waals surface area contributed by atoms with Crippen LogP contribution in [0.1, 0.15) is 42.9 Å². The molecule has 1 aliphatic carbocycles. The zero-order chi connectivity index (χ0) is 21.3. The van der Waals surface area contributed by atoms with Crippen molar-refractivity contribution >= 4 is 11.6 Å². The summed E-state index contributed by atoms with van der Waals surface area (Å²) in [6.45, 7) is 1.95. The molecular weight excluding hydrogens is 401 g/mol. The molecule has 4 rings (SSSR count). The van der Waals surface area contributed by atoms with Gasteiger partial charge in [0, 0.05) is 22.9 Å². The molecule has 3 nitrogen and oxygen atoms in total. The van der Waals surface area contributed by atoms with E-state index < -0.39 is 0 Å². The summed E-state index contributed by atoms with van der Waals surface area (Å²) < 4.78 is 24.7. The molecule has 3 aromatic rings. The second-order valence-electron chi connectivity index (χ2n) is 7.74. The first kappa shape index (κ1) is 20.7. The third-order valence-electron chi connectivity index (χ3n) is 5.91. The van der Waals surface area contributed by atoms with Crippen LogP contribution in [-0.4, -0.2) is 19.2 Å². The quantitative estimate of drug-likeness (QED) is 0.405. The maximum Gasteiger partial charge on any atom is 0.133 e. The van der Waals surface area contributed by atoms with E-state index in [-0.39, 0.29) is 5.82 Å². The smallest absolute Gasteiger partial charge is 0.133 e. The summed E-state index contributed by atoms with van der Waals surface area (Å²) in [5.74, 6) is 1.49. The molecule has 0 spiro atoms. The standard InChI is InChI=1S/C25H25ClFNO2/c1-15-22(17-8-10-19(27)11-9-17)23(18-12-20(29-2)14-21(13-18)30-3)24(25(26)28-15)16-6-4-5-7-16/h8-14,16H,4-7H2,1-3H3. The van der Waals surface area contributed by atoms with Crippen molar-refractivity contribution < 1.29 is 13.9 Å². The van der Waals surface area contributed by atoms with Crippen molar-refractivity contribution in [2.75, 3.05) is 14.2 Å². The molecule has 156 valence electrons. The third kappa shape index (κ3) is 3.89. The Labute approximate surface area is 181 Å². The second-order valence-corrected chi connectivity index (χ2v) is 8.10. The van der Waals surface area contributed by atoms with Gasteiger partial charge in [0.2, 0.25) is 0 Å². The molecule has 0 radical (unpaired) electrons. The number of aryl methyl sites for hydroxylation is 1. The minimum Gasteiger partial charge on any atom is -0.497 e. The Hall–Kier alpha value is -2.59. The largest absolute Gasteiger partial charge is 0.497 e. The molecule has 30 heavy (non-hydrogen) atoms. The molecular formula is C25H25ClFNO2. The first-order valence-electron chi connectivity index (χ1n) is 10.2. The van der Waals surface area contributed by atoms with Crippen LogP contribution in [0, 0.1) is 12.7 Å². The van der Waals surface area contributed by atoms with E-state index in [1.54, 1.807) is 26.4 Å². The van der Waals surface area contributed by atoms with Gasteiger partial charge in [-0.25, -0.2) is 9.37 Å². The zero-order valence-corrected chi connectivity index (χ0v) is 18.2. The van der Waals surface area contributed by atoms with Crippen molar-refractivity contribution in [2.45, 2.75) is 38.5 Å². The van der Waals surface area contributed by atoms with Gasteiger partial charge in [-0.3, -0.25) is 0 Å². The number of aromatic nitrogens is 1. The average Bonchev–Trinajstić information content (AvgIpc) is 3.28. The first-order valence-corrected chi connectivity index (χ1v) is 10.6. The Morgan fingerprint density at radius 3 is 2.07 bits per heavy atom. The lowest BCUT2D eigenvalue weighted by Gasteiger charge is -2.23. The molecule has 1 heterocycles. The fraction of sp³-hybridized carbons (Fsp3) is 0.320. The van der Waals surface area contributed by atoms with Crippen LogP contribution in [0.2, 0.25) is 5.15 Å². The number of hydrogen-bond acceptors (Lipinski definition) is 3. The second kappa shape index (κ2) is 8.65. The lowest BCUT2D eigenvalue weighted by atomic mass is 9.84. The third-order valence-corrected chi connectivity index (χ3v) is 6.19. The highest BCUT2D eigenvalue weighted by Crippen LogP contribution is 2.48. The van der Waals surface area contributed by atoms with Crippen LogP contribution in [0.5, 0.6) is 11.5 Å². The number of benzene rings is 2. The summed E-state index contributed by atoms with van der Waals surface area (Å²) in [6, 6.07) is 12.4. The topological polar surface area (TPSA) is 31.4 Å². The Bertz CT molecular complexity index is 1040. The van der Waals surface area contributed by atoms with Gasteiger partial charge in [-0.15, -0.1) is 0 Å². The summed E-state index contributed by atoms with van der Waals surface area (Å²) in [5.41, 5.74) is 5.74. The molecule has 0 unspecified atom stereocenters. The van der Waals surface area contributed by atoms with E-state index in [0.717, 1.165) is 46.4 Å². The highest BCUT2D eigenvalue weighted by molar-refractivity contribution is 6.31. The van der Waals surface area contributed by atoms with Gasteiger partial charge in [-0.05, 0) is 66.6 Å². The van der Waals surface area contributed by atoms with E-state index in [4.69, 9.17) is 26.1 Å². The molecule has 0 saturated heterocycles. The molecule has 0 aliphatic heterocycles. The van der Waals surface area contributed by atoms with Crippen LogP contribution in [0.25, 0.3) is 22.3 Å². The fourth-order valence-electron chi connectivity index (χ4n) is 4.49. The average molecular weight is 426 g/mol. The lowest BCUT2D eigenvalue weighted by molar-refractivity contribution is 0.394. The normalized spacial score (nSPS) is 14.2. The summed E-state index contributed by atoms with van der Waals surface area (Å²) >= 11 is 6.76. The van der Waals surface area contributed by atoms with Crippen LogP contribution in [0.4, 0.5) is 4.39 Å². The van der Waals surface area contributed by atoms with E-state index >= 15 is 0 Å². The number of nitrogens with zero attached hydrogens (tertiary/aromatic N) is 1. The summed E-state index contributed by atoms with van der Waals surface area (Å²) in [6.07, 6.45) is 4.53. The van der Waals surface area contributed by atoms with Crippen molar-refractivity contribution in [3.8, 4) is 33.8 Å². The summed E-state index contributed by atoms with van der Waals surface area (Å²) in [4.78, 5) is 4.70. The fourth-order valence-corrected chi connectivity index (χ4v) is 4.87. The van der Waals surface area contributed by atoms with Crippen molar-refractivity contribution in [3.63, 3.8) is 0 Å². The molecule has 0 N–H and O–H groups in total. The molecule has 1 aromatic heterocycles. The molecule has 0 bridgehead atoms. The van der Waals surface area contributed by atoms with Gasteiger partial charge >= 0.3 is 0 Å². The Balaban J connectivity index is 2.06. The van der Waals surface area contributed by atoms with Crippen molar-refractivity contribution in [1.82, 2.24) is 4.98 Å². The number of methoxy groups -OCH3 is 2. The van der Waals surface area contributed by atoms with Gasteiger partial charge in [0.15, 0.2) is 0 Å². The zero-order valence-electron chi connectivity index (χ0n) is 17.5. The molecule has 1 aliphatic rings. The SMILES string of the molecule is COc1cc(OC)cc(-c2c(-c3ccc(F)cc3)c(C)nc(Cl)c2C2CCCC2)c1. The van der Waals surface area contributed by atoms with Crippen molar-refractivity contribution in [3.05, 3.63) is 64.7 Å². The van der Waals surface area contributed by atoms with Crippen molar-refractivity contribution in [1.29, 1.82) is 0 Å². The molecule has 1 fully saturated rings. The van der Waals surface area contributed by atoms with Crippen LogP contribution < -0.4 is 9.47 Å². The monoisotopic (exact) mass is 425 g/mol. The maximum absolute atomic E-state index is 13.6. The van der Waals surface area contributed by atoms with Gasteiger partial charge < -0.3 is 9.47 Å². The number of halogens is 2. The maximum atomic E-state index is 13.6. The van der Waals surface area contributed by atoms with Gasteiger partial charge in [0.25, 0.3) is 0 Å². The minimum absolute atomic E-state index is 0.265. The van der Waals surface area contributed by atoms with Crippen LogP contribution >= 0.6 is 11.6 Å². The molecule has 1 saturated carbocycles. The van der Waals surface area contributed by atoms with E-state index in [9.17, 15) is 4.39 Å². The molecule has 5 heteroatoms. The predicted molar refractivity (Wildman–Crippen MR) is 119 cm³/mol. The number of pyridine rings is 1. The molecule has 0 amide bonds. The Morgan fingerprint density at radius 1 is 0.900 bits per heavy atom. The van der Waals surface area contributed by atoms with E-state index in [2.05, 4.69) is 0 Å². The first-order chi connectivity index (χ1) is 14.5. The lowest BCUT2D eigenvalue weighted by Crippen LogP contribution is -2.05. The van der Waals surface area contributed by atoms with Gasteiger partial charge in [0.1, 0.15) is 22.5 Å². The van der Waals surface area contributed by atoms with E-state index in [1.165, 1.54) is 25.0 Å². The van der Waals surface area contributed by atoms with Crippen molar-refractivity contribution in [2.24, 2.45) is 0 Å². The molecule has 0 atom stereocenters. The van der Waals surface area contributed by atoms with Crippen LogP contribution in [0.3, 0.4) is 0 Å². The Morgan fingerprint density at radius 2 is 1.50 bits per heavy atom. The predicted octanol–water partition coefficient (Wildman–Crippen LogP) is 7.19.